The van der Waals surface area contributed by atoms with Crippen LogP contribution in [0, 0.1) is 13.8 Å². The Labute approximate surface area is 118 Å². The van der Waals surface area contributed by atoms with Gasteiger partial charge in [-0.25, -0.2) is 0 Å². The number of carbonyl (C=O) groups is 1. The van der Waals surface area contributed by atoms with Gasteiger partial charge in [0, 0.05) is 12.7 Å². The highest BCUT2D eigenvalue weighted by Crippen LogP contribution is 2.08. The highest BCUT2D eigenvalue weighted by atomic mass is 16.1. The van der Waals surface area contributed by atoms with E-state index in [2.05, 4.69) is 0 Å². The zero-order chi connectivity index (χ0) is 14.7. The van der Waals surface area contributed by atoms with Crippen molar-refractivity contribution in [1.29, 1.82) is 0 Å². The van der Waals surface area contributed by atoms with Crippen LogP contribution in [0.2, 0.25) is 0 Å². The lowest BCUT2D eigenvalue weighted by Crippen LogP contribution is -2.26. The lowest BCUT2D eigenvalue weighted by Gasteiger charge is -2.08. The molecule has 0 unspecified atom stereocenters. The summed E-state index contributed by atoms with van der Waals surface area (Å²) in [5.74, 6) is -0.257. The summed E-state index contributed by atoms with van der Waals surface area (Å²) in [5.41, 5.74) is 2.49. The van der Waals surface area contributed by atoms with Gasteiger partial charge < -0.3 is 4.57 Å². The van der Waals surface area contributed by atoms with Gasteiger partial charge in [0.2, 0.25) is 0 Å². The third kappa shape index (κ3) is 2.77. The summed E-state index contributed by atoms with van der Waals surface area (Å²) in [6.45, 7) is 3.64. The third-order valence-electron chi connectivity index (χ3n) is 3.34. The molecule has 1 aromatic heterocycles. The van der Waals surface area contributed by atoms with E-state index in [1.807, 2.05) is 43.3 Å². The Kier molecular flexibility index (Phi) is 3.99. The zero-order valence-electron chi connectivity index (χ0n) is 11.9. The Morgan fingerprint density at radius 3 is 2.45 bits per heavy atom. The molecule has 0 N–H and O–H groups in total. The van der Waals surface area contributed by atoms with Gasteiger partial charge in [0.25, 0.3) is 5.56 Å². The molecule has 0 bridgehead atoms. The number of rotatable bonds is 3. The van der Waals surface area contributed by atoms with Gasteiger partial charge in [-0.3, -0.25) is 9.59 Å². The first-order valence-electron chi connectivity index (χ1n) is 6.45. The number of hydrogen-bond acceptors (Lipinski definition) is 2. The average molecular weight is 267 g/mol. The molecule has 20 heavy (non-hydrogen) atoms. The first-order valence-corrected chi connectivity index (χ1v) is 6.45. The molecule has 0 spiro atoms. The van der Waals surface area contributed by atoms with Crippen molar-refractivity contribution in [2.24, 2.45) is 7.05 Å². The van der Waals surface area contributed by atoms with E-state index in [0.29, 0.717) is 5.56 Å². The number of benzene rings is 1. The number of aromatic nitrogens is 1. The first kappa shape index (κ1) is 14.0. The fraction of sp³-hybridized carbons (Fsp3) is 0.176. The minimum absolute atomic E-state index is 0.241. The molecule has 0 saturated carbocycles. The second-order valence-corrected chi connectivity index (χ2v) is 4.82. The summed E-state index contributed by atoms with van der Waals surface area (Å²) in [6, 6.07) is 11.4. The molecule has 0 saturated heterocycles. The molecule has 2 rings (SSSR count). The zero-order valence-corrected chi connectivity index (χ0v) is 11.9. The third-order valence-corrected chi connectivity index (χ3v) is 3.34. The second kappa shape index (κ2) is 5.70. The molecule has 0 aliphatic heterocycles. The van der Waals surface area contributed by atoms with Gasteiger partial charge in [0.15, 0.2) is 5.78 Å². The predicted octanol–water partition coefficient (Wildman–Crippen LogP) is 2.90. The van der Waals surface area contributed by atoms with E-state index in [-0.39, 0.29) is 16.9 Å². The summed E-state index contributed by atoms with van der Waals surface area (Å²) in [6.07, 6.45) is 3.18. The smallest absolute Gasteiger partial charge is 0.261 e. The fourth-order valence-corrected chi connectivity index (χ4v) is 2.10. The van der Waals surface area contributed by atoms with Crippen LogP contribution in [0.1, 0.15) is 27.2 Å². The summed E-state index contributed by atoms with van der Waals surface area (Å²) >= 11 is 0. The summed E-state index contributed by atoms with van der Waals surface area (Å²) in [4.78, 5) is 24.4. The monoisotopic (exact) mass is 267 g/mol. The molecule has 0 aliphatic carbocycles. The number of hydrogen-bond donors (Lipinski definition) is 0. The molecule has 3 nitrogen and oxygen atoms in total. The van der Waals surface area contributed by atoms with Crippen molar-refractivity contribution in [2.75, 3.05) is 0 Å². The molecule has 3 heteroatoms. The Hall–Kier alpha value is -2.42. The number of carbonyl (C=O) groups excluding carboxylic acids is 1. The topological polar surface area (TPSA) is 39.1 Å². The maximum Gasteiger partial charge on any atom is 0.261 e. The van der Waals surface area contributed by atoms with Crippen LogP contribution in [-0.4, -0.2) is 10.4 Å². The van der Waals surface area contributed by atoms with E-state index in [1.165, 1.54) is 10.6 Å². The van der Waals surface area contributed by atoms with Gasteiger partial charge >= 0.3 is 0 Å². The Morgan fingerprint density at radius 1 is 1.15 bits per heavy atom. The van der Waals surface area contributed by atoms with E-state index < -0.39 is 0 Å². The number of ketones is 1. The summed E-state index contributed by atoms with van der Waals surface area (Å²) in [7, 11) is 1.68. The van der Waals surface area contributed by atoms with Crippen LogP contribution in [0.25, 0.3) is 6.08 Å². The van der Waals surface area contributed by atoms with E-state index in [1.54, 1.807) is 20.0 Å². The van der Waals surface area contributed by atoms with Crippen LogP contribution in [-0.2, 0) is 7.05 Å². The van der Waals surface area contributed by atoms with Crippen LogP contribution >= 0.6 is 0 Å². The van der Waals surface area contributed by atoms with Crippen molar-refractivity contribution in [3.63, 3.8) is 0 Å². The predicted molar refractivity (Wildman–Crippen MR) is 81.0 cm³/mol. The molecular formula is C17H17NO2. The molecule has 0 fully saturated rings. The Balaban J connectivity index is 2.38. The Morgan fingerprint density at radius 2 is 1.80 bits per heavy atom. The van der Waals surface area contributed by atoms with Gasteiger partial charge in [0.05, 0.1) is 5.56 Å². The van der Waals surface area contributed by atoms with E-state index >= 15 is 0 Å². The molecule has 1 heterocycles. The van der Waals surface area contributed by atoms with E-state index in [9.17, 15) is 9.59 Å². The van der Waals surface area contributed by atoms with Crippen molar-refractivity contribution in [3.8, 4) is 0 Å². The number of aryl methyl sites for hydroxylation is 2. The van der Waals surface area contributed by atoms with Gasteiger partial charge in [-0.05, 0) is 37.1 Å². The fourth-order valence-electron chi connectivity index (χ4n) is 2.10. The highest BCUT2D eigenvalue weighted by molar-refractivity contribution is 6.07. The van der Waals surface area contributed by atoms with Gasteiger partial charge in [-0.15, -0.1) is 0 Å². The maximum absolute atomic E-state index is 12.2. The van der Waals surface area contributed by atoms with Gasteiger partial charge in [-0.1, -0.05) is 36.4 Å². The van der Waals surface area contributed by atoms with E-state index in [4.69, 9.17) is 0 Å². The Bertz CT molecular complexity index is 725. The minimum atomic E-state index is -0.257. The molecule has 0 radical (unpaired) electrons. The molecule has 0 atom stereocenters. The van der Waals surface area contributed by atoms with Crippen molar-refractivity contribution in [1.82, 2.24) is 4.57 Å². The van der Waals surface area contributed by atoms with Crippen molar-refractivity contribution < 1.29 is 4.79 Å². The van der Waals surface area contributed by atoms with Crippen LogP contribution in [0.3, 0.4) is 0 Å². The number of allylic oxidation sites excluding steroid dienone is 1. The largest absolute Gasteiger partial charge is 0.315 e. The first-order chi connectivity index (χ1) is 9.50. The molecule has 0 aliphatic rings. The van der Waals surface area contributed by atoms with Crippen LogP contribution < -0.4 is 5.56 Å². The van der Waals surface area contributed by atoms with Gasteiger partial charge in [-0.2, -0.15) is 0 Å². The molecule has 1 aromatic carbocycles. The van der Waals surface area contributed by atoms with E-state index in [0.717, 1.165) is 11.3 Å². The molecule has 2 aromatic rings. The van der Waals surface area contributed by atoms with Crippen molar-refractivity contribution >= 4 is 11.9 Å². The quantitative estimate of drug-likeness (QED) is 0.633. The standard InChI is InChI=1S/C17H17NO2/c1-12-11-13(2)18(3)17(20)16(12)15(19)10-9-14-7-5-4-6-8-14/h4-11H,1-3H3/b10-9+. The highest BCUT2D eigenvalue weighted by Gasteiger charge is 2.13. The van der Waals surface area contributed by atoms with Crippen LogP contribution in [0.15, 0.2) is 47.3 Å². The molecule has 0 amide bonds. The second-order valence-electron chi connectivity index (χ2n) is 4.82. The normalized spacial score (nSPS) is 10.9. The SMILES string of the molecule is Cc1cc(C)n(C)c(=O)c1C(=O)/C=C/c1ccccc1. The molecule has 102 valence electrons. The summed E-state index contributed by atoms with van der Waals surface area (Å²) in [5, 5.41) is 0. The lowest BCUT2D eigenvalue weighted by molar-refractivity contribution is 0.104. The number of pyridine rings is 1. The lowest BCUT2D eigenvalue weighted by atomic mass is 10.0. The average Bonchev–Trinajstić information content (AvgIpc) is 2.44. The van der Waals surface area contributed by atoms with Gasteiger partial charge in [0.1, 0.15) is 0 Å². The van der Waals surface area contributed by atoms with Crippen molar-refractivity contribution in [2.45, 2.75) is 13.8 Å². The summed E-state index contributed by atoms with van der Waals surface area (Å²) < 4.78 is 1.50. The number of nitrogens with zero attached hydrogens (tertiary/aromatic N) is 1. The molecular weight excluding hydrogens is 250 g/mol. The van der Waals surface area contributed by atoms with Crippen LogP contribution in [0.4, 0.5) is 0 Å². The minimum Gasteiger partial charge on any atom is -0.315 e. The maximum atomic E-state index is 12.2. The van der Waals surface area contributed by atoms with Crippen LogP contribution in [0.5, 0.6) is 0 Å². The van der Waals surface area contributed by atoms with Crippen molar-refractivity contribution in [3.05, 3.63) is 75.2 Å².